The first-order chi connectivity index (χ1) is 9.69. The van der Waals surface area contributed by atoms with Crippen LogP contribution in [0.2, 0.25) is 0 Å². The zero-order valence-electron chi connectivity index (χ0n) is 12.1. The van der Waals surface area contributed by atoms with Gasteiger partial charge >= 0.3 is 5.97 Å². The monoisotopic (exact) mass is 268 g/mol. The highest BCUT2D eigenvalue weighted by Crippen LogP contribution is 2.23. The first-order valence-corrected chi connectivity index (χ1v) is 7.07. The lowest BCUT2D eigenvalue weighted by atomic mass is 10.0. The highest BCUT2D eigenvalue weighted by molar-refractivity contribution is 5.73. The minimum absolute atomic E-state index is 0.157. The van der Waals surface area contributed by atoms with E-state index >= 15 is 0 Å². The molecule has 20 heavy (non-hydrogen) atoms. The van der Waals surface area contributed by atoms with Crippen LogP contribution in [0.5, 0.6) is 5.75 Å². The lowest BCUT2D eigenvalue weighted by molar-refractivity contribution is -0.134. The highest BCUT2D eigenvalue weighted by Gasteiger charge is 2.04. The molecule has 0 spiro atoms. The number of carbonyl (C=O) groups excluding carboxylic acids is 1. The molecule has 0 bridgehead atoms. The molecule has 0 aliphatic rings. The van der Waals surface area contributed by atoms with Crippen molar-refractivity contribution in [3.63, 3.8) is 0 Å². The average molecular weight is 268 g/mol. The molecule has 0 atom stereocenters. The second-order valence-corrected chi connectivity index (χ2v) is 4.97. The van der Waals surface area contributed by atoms with Crippen LogP contribution < -0.4 is 4.74 Å². The molecule has 2 aromatic rings. The smallest absolute Gasteiger partial charge is 0.311 e. The zero-order chi connectivity index (χ0) is 14.4. The van der Waals surface area contributed by atoms with E-state index in [2.05, 4.69) is 38.1 Å². The molecular weight excluding hydrogens is 248 g/mol. The van der Waals surface area contributed by atoms with Crippen LogP contribution >= 0.6 is 0 Å². The van der Waals surface area contributed by atoms with Crippen LogP contribution in [0.15, 0.2) is 48.5 Å². The van der Waals surface area contributed by atoms with Gasteiger partial charge in [-0.2, -0.15) is 0 Å². The summed E-state index contributed by atoms with van der Waals surface area (Å²) in [7, 11) is 0. The largest absolute Gasteiger partial charge is 0.427 e. The van der Waals surface area contributed by atoms with Gasteiger partial charge in [0.15, 0.2) is 0 Å². The van der Waals surface area contributed by atoms with E-state index < -0.39 is 0 Å². The number of rotatable bonds is 5. The van der Waals surface area contributed by atoms with Crippen LogP contribution in [-0.2, 0) is 4.79 Å². The predicted molar refractivity (Wildman–Crippen MR) is 81.8 cm³/mol. The SMILES string of the molecule is CCCCC(=O)Oc1ccc(-c2ccc(C)cc2)cc1. The molecule has 0 amide bonds. The third-order valence-corrected chi connectivity index (χ3v) is 3.21. The fourth-order valence-electron chi connectivity index (χ4n) is 1.97. The third kappa shape index (κ3) is 3.95. The molecule has 0 aromatic heterocycles. The predicted octanol–water partition coefficient (Wildman–Crippen LogP) is 4.76. The maximum Gasteiger partial charge on any atom is 0.311 e. The molecule has 0 radical (unpaired) electrons. The van der Waals surface area contributed by atoms with E-state index in [1.165, 1.54) is 11.1 Å². The van der Waals surface area contributed by atoms with Crippen molar-refractivity contribution in [3.8, 4) is 16.9 Å². The van der Waals surface area contributed by atoms with Crippen molar-refractivity contribution < 1.29 is 9.53 Å². The Kier molecular flexibility index (Phi) is 4.94. The van der Waals surface area contributed by atoms with E-state index in [0.29, 0.717) is 12.2 Å². The van der Waals surface area contributed by atoms with E-state index in [4.69, 9.17) is 4.74 Å². The molecule has 0 N–H and O–H groups in total. The fourth-order valence-corrected chi connectivity index (χ4v) is 1.97. The molecule has 0 aliphatic heterocycles. The van der Waals surface area contributed by atoms with Crippen LogP contribution in [0.4, 0.5) is 0 Å². The Morgan fingerprint density at radius 2 is 1.50 bits per heavy atom. The molecule has 104 valence electrons. The summed E-state index contributed by atoms with van der Waals surface area (Å²) in [5.41, 5.74) is 3.54. The van der Waals surface area contributed by atoms with Gasteiger partial charge < -0.3 is 4.74 Å². The Morgan fingerprint density at radius 3 is 2.05 bits per heavy atom. The number of ether oxygens (including phenoxy) is 1. The van der Waals surface area contributed by atoms with Crippen LogP contribution in [0.25, 0.3) is 11.1 Å². The summed E-state index contributed by atoms with van der Waals surface area (Å²) in [5.74, 6) is 0.455. The quantitative estimate of drug-likeness (QED) is 0.577. The van der Waals surface area contributed by atoms with Crippen molar-refractivity contribution in [2.24, 2.45) is 0 Å². The molecule has 2 heteroatoms. The Morgan fingerprint density at radius 1 is 0.950 bits per heavy atom. The number of aryl methyl sites for hydroxylation is 1. The van der Waals surface area contributed by atoms with Crippen molar-refractivity contribution in [1.82, 2.24) is 0 Å². The molecule has 0 fully saturated rings. The lowest BCUT2D eigenvalue weighted by Gasteiger charge is -2.06. The van der Waals surface area contributed by atoms with Crippen molar-refractivity contribution in [2.45, 2.75) is 33.1 Å². The second-order valence-electron chi connectivity index (χ2n) is 4.97. The first kappa shape index (κ1) is 14.3. The van der Waals surface area contributed by atoms with Crippen molar-refractivity contribution in [1.29, 1.82) is 0 Å². The Labute approximate surface area is 120 Å². The van der Waals surface area contributed by atoms with Gasteiger partial charge in [-0.15, -0.1) is 0 Å². The molecule has 0 saturated heterocycles. The fraction of sp³-hybridized carbons (Fsp3) is 0.278. The topological polar surface area (TPSA) is 26.3 Å². The van der Waals surface area contributed by atoms with Gasteiger partial charge in [0.25, 0.3) is 0 Å². The molecule has 2 nitrogen and oxygen atoms in total. The van der Waals surface area contributed by atoms with E-state index in [0.717, 1.165) is 18.4 Å². The number of hydrogen-bond donors (Lipinski definition) is 0. The third-order valence-electron chi connectivity index (χ3n) is 3.21. The van der Waals surface area contributed by atoms with E-state index in [1.807, 2.05) is 24.3 Å². The van der Waals surface area contributed by atoms with Crippen molar-refractivity contribution in [3.05, 3.63) is 54.1 Å². The number of esters is 1. The summed E-state index contributed by atoms with van der Waals surface area (Å²) in [6.45, 7) is 4.13. The highest BCUT2D eigenvalue weighted by atomic mass is 16.5. The summed E-state index contributed by atoms with van der Waals surface area (Å²) in [4.78, 5) is 11.5. The number of benzene rings is 2. The summed E-state index contributed by atoms with van der Waals surface area (Å²) in [6.07, 6.45) is 2.36. The molecular formula is C18H20O2. The minimum atomic E-state index is -0.157. The Bertz CT molecular complexity index is 553. The molecule has 2 rings (SSSR count). The van der Waals surface area contributed by atoms with Gasteiger partial charge in [0.05, 0.1) is 0 Å². The molecule has 2 aromatic carbocycles. The van der Waals surface area contributed by atoms with Crippen molar-refractivity contribution in [2.75, 3.05) is 0 Å². The van der Waals surface area contributed by atoms with Gasteiger partial charge in [0, 0.05) is 6.42 Å². The Hall–Kier alpha value is -2.09. The minimum Gasteiger partial charge on any atom is -0.427 e. The molecule has 0 heterocycles. The van der Waals surface area contributed by atoms with Crippen LogP contribution in [-0.4, -0.2) is 5.97 Å². The summed E-state index contributed by atoms with van der Waals surface area (Å²) in [5, 5.41) is 0. The number of carbonyl (C=O) groups is 1. The van der Waals surface area contributed by atoms with Crippen LogP contribution in [0, 0.1) is 6.92 Å². The second kappa shape index (κ2) is 6.90. The maximum absolute atomic E-state index is 11.5. The first-order valence-electron chi connectivity index (χ1n) is 7.07. The molecule has 0 unspecified atom stereocenters. The van der Waals surface area contributed by atoms with Gasteiger partial charge in [0.2, 0.25) is 0 Å². The lowest BCUT2D eigenvalue weighted by Crippen LogP contribution is -2.07. The van der Waals surface area contributed by atoms with Gasteiger partial charge in [0.1, 0.15) is 5.75 Å². The standard InChI is InChI=1S/C18H20O2/c1-3-4-5-18(19)20-17-12-10-16(11-13-17)15-8-6-14(2)7-9-15/h6-13H,3-5H2,1-2H3. The zero-order valence-corrected chi connectivity index (χ0v) is 12.1. The van der Waals surface area contributed by atoms with Gasteiger partial charge in [-0.1, -0.05) is 55.3 Å². The molecule has 0 aliphatic carbocycles. The van der Waals surface area contributed by atoms with E-state index in [1.54, 1.807) is 0 Å². The van der Waals surface area contributed by atoms with Crippen LogP contribution in [0.3, 0.4) is 0 Å². The van der Waals surface area contributed by atoms with Gasteiger partial charge in [-0.25, -0.2) is 0 Å². The number of hydrogen-bond acceptors (Lipinski definition) is 2. The summed E-state index contributed by atoms with van der Waals surface area (Å²) >= 11 is 0. The summed E-state index contributed by atoms with van der Waals surface area (Å²) < 4.78 is 5.29. The van der Waals surface area contributed by atoms with E-state index in [9.17, 15) is 4.79 Å². The van der Waals surface area contributed by atoms with E-state index in [-0.39, 0.29) is 5.97 Å². The summed E-state index contributed by atoms with van der Waals surface area (Å²) in [6, 6.07) is 16.0. The average Bonchev–Trinajstić information content (AvgIpc) is 2.47. The maximum atomic E-state index is 11.5. The number of unbranched alkanes of at least 4 members (excludes halogenated alkanes) is 1. The van der Waals surface area contributed by atoms with Gasteiger partial charge in [-0.3, -0.25) is 4.79 Å². The normalized spacial score (nSPS) is 10.3. The molecule has 0 saturated carbocycles. The van der Waals surface area contributed by atoms with Crippen molar-refractivity contribution >= 4 is 5.97 Å². The van der Waals surface area contributed by atoms with Crippen LogP contribution in [0.1, 0.15) is 31.7 Å². The Balaban J connectivity index is 2.02. The van der Waals surface area contributed by atoms with Gasteiger partial charge in [-0.05, 0) is 36.6 Å².